The summed E-state index contributed by atoms with van der Waals surface area (Å²) in [5.41, 5.74) is 0. The highest BCUT2D eigenvalue weighted by molar-refractivity contribution is 5.11. The molecule has 4 saturated carbocycles. The van der Waals surface area contributed by atoms with E-state index >= 15 is 0 Å². The molecule has 8 unspecified atom stereocenters. The van der Waals surface area contributed by atoms with Crippen molar-refractivity contribution in [3.8, 4) is 0 Å². The van der Waals surface area contributed by atoms with Crippen molar-refractivity contribution in [1.82, 2.24) is 0 Å². The van der Waals surface area contributed by atoms with Crippen molar-refractivity contribution in [3.63, 3.8) is 0 Å². The predicted octanol–water partition coefficient (Wildman–Crippen LogP) is 2.41. The zero-order chi connectivity index (χ0) is 10.9. The van der Waals surface area contributed by atoms with E-state index in [1.54, 1.807) is 6.92 Å². The van der Waals surface area contributed by atoms with Crippen LogP contribution in [-0.4, -0.2) is 17.5 Å². The summed E-state index contributed by atoms with van der Waals surface area (Å²) in [5, 5.41) is 9.39. The summed E-state index contributed by atoms with van der Waals surface area (Å²) < 4.78 is 5.72. The van der Waals surface area contributed by atoms with E-state index in [0.717, 1.165) is 35.5 Å². The van der Waals surface area contributed by atoms with Crippen molar-refractivity contribution in [3.05, 3.63) is 0 Å². The van der Waals surface area contributed by atoms with Gasteiger partial charge in [0.25, 0.3) is 0 Å². The van der Waals surface area contributed by atoms with Crippen LogP contribution in [0.15, 0.2) is 0 Å². The average Bonchev–Trinajstić information content (AvgIpc) is 2.93. The second-order valence-corrected chi connectivity index (χ2v) is 6.66. The van der Waals surface area contributed by atoms with Gasteiger partial charge in [-0.05, 0) is 74.5 Å². The van der Waals surface area contributed by atoms with Crippen LogP contribution in [0.2, 0.25) is 0 Å². The molecule has 4 aliphatic rings. The molecular formula is C14H22O2. The zero-order valence-corrected chi connectivity index (χ0v) is 10.0. The van der Waals surface area contributed by atoms with E-state index in [-0.39, 0.29) is 0 Å². The van der Waals surface area contributed by atoms with Gasteiger partial charge in [-0.2, -0.15) is 0 Å². The van der Waals surface area contributed by atoms with E-state index in [0.29, 0.717) is 6.10 Å². The molecule has 4 rings (SSSR count). The molecule has 0 aromatic carbocycles. The highest BCUT2D eigenvalue weighted by Gasteiger charge is 2.62. The molecule has 0 aromatic rings. The molecule has 0 aliphatic heterocycles. The Morgan fingerprint density at radius 2 is 1.75 bits per heavy atom. The van der Waals surface area contributed by atoms with Crippen molar-refractivity contribution >= 4 is 0 Å². The van der Waals surface area contributed by atoms with E-state index < -0.39 is 6.29 Å². The maximum atomic E-state index is 9.39. The van der Waals surface area contributed by atoms with Crippen LogP contribution in [0.3, 0.4) is 0 Å². The molecule has 4 aliphatic carbocycles. The lowest BCUT2D eigenvalue weighted by Crippen LogP contribution is -2.37. The summed E-state index contributed by atoms with van der Waals surface area (Å²) in [6.07, 6.45) is 6.96. The summed E-state index contributed by atoms with van der Waals surface area (Å²) in [6.45, 7) is 1.75. The van der Waals surface area contributed by atoms with Gasteiger partial charge in [0, 0.05) is 0 Å². The molecule has 0 saturated heterocycles. The Morgan fingerprint density at radius 3 is 2.50 bits per heavy atom. The van der Waals surface area contributed by atoms with Crippen LogP contribution in [0, 0.1) is 35.5 Å². The van der Waals surface area contributed by atoms with Crippen LogP contribution in [-0.2, 0) is 4.74 Å². The molecular weight excluding hydrogens is 200 g/mol. The summed E-state index contributed by atoms with van der Waals surface area (Å²) in [6, 6.07) is 0. The van der Waals surface area contributed by atoms with Gasteiger partial charge < -0.3 is 9.84 Å². The van der Waals surface area contributed by atoms with Gasteiger partial charge in [0.2, 0.25) is 0 Å². The topological polar surface area (TPSA) is 29.5 Å². The summed E-state index contributed by atoms with van der Waals surface area (Å²) >= 11 is 0. The van der Waals surface area contributed by atoms with Gasteiger partial charge in [-0.15, -0.1) is 0 Å². The van der Waals surface area contributed by atoms with Crippen LogP contribution in [0.4, 0.5) is 0 Å². The lowest BCUT2D eigenvalue weighted by atomic mass is 9.70. The molecule has 0 spiro atoms. The lowest BCUT2D eigenvalue weighted by Gasteiger charge is -2.38. The van der Waals surface area contributed by atoms with Crippen LogP contribution in [0.1, 0.15) is 39.0 Å². The zero-order valence-electron chi connectivity index (χ0n) is 10.0. The number of aliphatic hydroxyl groups excluding tert-OH is 1. The average molecular weight is 222 g/mol. The molecule has 16 heavy (non-hydrogen) atoms. The number of hydrogen-bond donors (Lipinski definition) is 1. The highest BCUT2D eigenvalue weighted by atomic mass is 16.6. The van der Waals surface area contributed by atoms with Crippen LogP contribution in [0.25, 0.3) is 0 Å². The smallest absolute Gasteiger partial charge is 0.152 e. The second-order valence-electron chi connectivity index (χ2n) is 6.66. The second kappa shape index (κ2) is 3.23. The van der Waals surface area contributed by atoms with Gasteiger partial charge in [-0.1, -0.05) is 0 Å². The normalized spacial score (nSPS) is 59.2. The minimum Gasteiger partial charge on any atom is -0.368 e. The Morgan fingerprint density at radius 1 is 1.00 bits per heavy atom. The van der Waals surface area contributed by atoms with Crippen molar-refractivity contribution in [2.75, 3.05) is 0 Å². The summed E-state index contributed by atoms with van der Waals surface area (Å²) in [4.78, 5) is 0. The third kappa shape index (κ3) is 1.15. The fraction of sp³-hybridized carbons (Fsp3) is 1.00. The van der Waals surface area contributed by atoms with Crippen molar-refractivity contribution in [1.29, 1.82) is 0 Å². The molecule has 2 heteroatoms. The molecule has 1 N–H and O–H groups in total. The van der Waals surface area contributed by atoms with Gasteiger partial charge in [-0.3, -0.25) is 0 Å². The van der Waals surface area contributed by atoms with Gasteiger partial charge >= 0.3 is 0 Å². The number of ether oxygens (including phenoxy) is 1. The van der Waals surface area contributed by atoms with Gasteiger partial charge in [0.05, 0.1) is 6.10 Å². The highest BCUT2D eigenvalue weighted by Crippen LogP contribution is 2.67. The third-order valence-corrected chi connectivity index (χ3v) is 6.04. The Labute approximate surface area is 97.4 Å². The lowest BCUT2D eigenvalue weighted by molar-refractivity contribution is -0.150. The number of rotatable bonds is 2. The Bertz CT molecular complexity index is 301. The predicted molar refractivity (Wildman–Crippen MR) is 60.6 cm³/mol. The van der Waals surface area contributed by atoms with Gasteiger partial charge in [0.1, 0.15) is 0 Å². The minimum absolute atomic E-state index is 0.380. The van der Waals surface area contributed by atoms with Crippen LogP contribution >= 0.6 is 0 Å². The van der Waals surface area contributed by atoms with Crippen molar-refractivity contribution < 1.29 is 9.84 Å². The maximum absolute atomic E-state index is 9.39. The fourth-order valence-electron chi connectivity index (χ4n) is 5.91. The van der Waals surface area contributed by atoms with E-state index in [4.69, 9.17) is 4.74 Å². The summed E-state index contributed by atoms with van der Waals surface area (Å²) in [7, 11) is 0. The number of aliphatic hydroxyl groups is 1. The third-order valence-electron chi connectivity index (χ3n) is 6.04. The first kappa shape index (κ1) is 9.90. The van der Waals surface area contributed by atoms with Gasteiger partial charge in [-0.25, -0.2) is 0 Å². The monoisotopic (exact) mass is 222 g/mol. The number of hydrogen-bond acceptors (Lipinski definition) is 2. The Balaban J connectivity index is 1.56. The molecule has 90 valence electrons. The van der Waals surface area contributed by atoms with E-state index in [2.05, 4.69) is 0 Å². The molecule has 0 aromatic heterocycles. The van der Waals surface area contributed by atoms with Gasteiger partial charge in [0.15, 0.2) is 6.29 Å². The fourth-order valence-corrected chi connectivity index (χ4v) is 5.91. The summed E-state index contributed by atoms with van der Waals surface area (Å²) in [5.74, 6) is 5.84. The first-order valence-electron chi connectivity index (χ1n) is 7.07. The van der Waals surface area contributed by atoms with Crippen LogP contribution in [0.5, 0.6) is 0 Å². The van der Waals surface area contributed by atoms with E-state index in [1.165, 1.54) is 32.1 Å². The molecule has 0 radical (unpaired) electrons. The molecule has 0 amide bonds. The van der Waals surface area contributed by atoms with Crippen LogP contribution < -0.4 is 0 Å². The first-order valence-corrected chi connectivity index (χ1v) is 7.07. The SMILES string of the molecule is CC(O)OC1CC2CC1C1C3CCC(C3)C21. The maximum Gasteiger partial charge on any atom is 0.152 e. The van der Waals surface area contributed by atoms with Crippen molar-refractivity contribution in [2.24, 2.45) is 35.5 Å². The van der Waals surface area contributed by atoms with Crippen molar-refractivity contribution in [2.45, 2.75) is 51.4 Å². The standard InChI is InChI=1S/C14H22O2/c1-7(15)16-12-6-10-5-11(12)14-9-3-2-8(4-9)13(10)14/h7-15H,2-6H2,1H3. The molecule has 4 bridgehead atoms. The first-order chi connectivity index (χ1) is 7.74. The number of fused-ring (bicyclic) bond motifs is 9. The van der Waals surface area contributed by atoms with E-state index in [9.17, 15) is 5.11 Å². The molecule has 8 atom stereocenters. The largest absolute Gasteiger partial charge is 0.368 e. The Kier molecular flexibility index (Phi) is 2.00. The van der Waals surface area contributed by atoms with E-state index in [1.807, 2.05) is 0 Å². The molecule has 4 fully saturated rings. The molecule has 0 heterocycles. The molecule has 2 nitrogen and oxygen atoms in total. The minimum atomic E-state index is -0.568. The Hall–Kier alpha value is -0.0800. The quantitative estimate of drug-likeness (QED) is 0.574.